The summed E-state index contributed by atoms with van der Waals surface area (Å²) in [7, 11) is -3.44. The fourth-order valence-corrected chi connectivity index (χ4v) is 3.45. The molecule has 1 aliphatic rings. The van der Waals surface area contributed by atoms with Gasteiger partial charge < -0.3 is 5.73 Å². The van der Waals surface area contributed by atoms with Crippen molar-refractivity contribution in [3.63, 3.8) is 0 Å². The van der Waals surface area contributed by atoms with Crippen LogP contribution < -0.4 is 10.5 Å². The molecule has 0 aromatic carbocycles. The Balaban J connectivity index is 1.91. The topological polar surface area (TPSA) is 101 Å². The number of hydrogen-bond donors (Lipinski definition) is 2. The molecular formula is C12H21N5O2S. The van der Waals surface area contributed by atoms with E-state index < -0.39 is 10.2 Å². The van der Waals surface area contributed by atoms with E-state index in [1.807, 2.05) is 0 Å². The third-order valence-electron chi connectivity index (χ3n) is 3.52. The van der Waals surface area contributed by atoms with Gasteiger partial charge in [0.25, 0.3) is 10.2 Å². The molecule has 1 aromatic heterocycles. The van der Waals surface area contributed by atoms with Crippen molar-refractivity contribution in [2.24, 2.45) is 11.7 Å². The Kier molecular flexibility index (Phi) is 5.03. The lowest BCUT2D eigenvalue weighted by Gasteiger charge is -2.30. The minimum Gasteiger partial charge on any atom is -0.330 e. The zero-order valence-electron chi connectivity index (χ0n) is 11.6. The fraction of sp³-hybridized carbons (Fsp3) is 0.667. The van der Waals surface area contributed by atoms with E-state index >= 15 is 0 Å². The van der Waals surface area contributed by atoms with Crippen LogP contribution in [0, 0.1) is 12.8 Å². The molecular weight excluding hydrogens is 278 g/mol. The predicted octanol–water partition coefficient (Wildman–Crippen LogP) is -0.210. The molecule has 8 heteroatoms. The molecule has 1 aliphatic heterocycles. The lowest BCUT2D eigenvalue weighted by atomic mass is 9.99. The van der Waals surface area contributed by atoms with Crippen LogP contribution in [0.2, 0.25) is 0 Å². The summed E-state index contributed by atoms with van der Waals surface area (Å²) in [6.07, 6.45) is 3.27. The molecule has 0 bridgehead atoms. The summed E-state index contributed by atoms with van der Waals surface area (Å²) in [5.41, 5.74) is 6.27. The first-order valence-corrected chi connectivity index (χ1v) is 8.18. The van der Waals surface area contributed by atoms with Gasteiger partial charge in [-0.3, -0.25) is 0 Å². The van der Waals surface area contributed by atoms with Gasteiger partial charge >= 0.3 is 0 Å². The Morgan fingerprint density at radius 2 is 2.15 bits per heavy atom. The number of aryl methyl sites for hydroxylation is 1. The van der Waals surface area contributed by atoms with Crippen molar-refractivity contribution < 1.29 is 8.42 Å². The molecule has 0 spiro atoms. The summed E-state index contributed by atoms with van der Waals surface area (Å²) in [6, 6.07) is 1.70. The van der Waals surface area contributed by atoms with Crippen molar-refractivity contribution in [1.82, 2.24) is 19.0 Å². The van der Waals surface area contributed by atoms with E-state index in [-0.39, 0.29) is 6.54 Å². The van der Waals surface area contributed by atoms with Gasteiger partial charge in [0.2, 0.25) is 0 Å². The Bertz CT molecular complexity index is 541. The normalized spacial score (nSPS) is 18.3. The second kappa shape index (κ2) is 6.57. The van der Waals surface area contributed by atoms with Crippen LogP contribution in [0.5, 0.6) is 0 Å². The zero-order valence-corrected chi connectivity index (χ0v) is 12.4. The molecule has 0 amide bonds. The third-order valence-corrected chi connectivity index (χ3v) is 5.07. The minimum absolute atomic E-state index is 0.183. The van der Waals surface area contributed by atoms with Crippen molar-refractivity contribution in [1.29, 1.82) is 0 Å². The highest BCUT2D eigenvalue weighted by atomic mass is 32.2. The van der Waals surface area contributed by atoms with E-state index in [0.29, 0.717) is 37.1 Å². The number of aromatic nitrogens is 2. The van der Waals surface area contributed by atoms with E-state index in [4.69, 9.17) is 5.73 Å². The van der Waals surface area contributed by atoms with Crippen LogP contribution in [-0.4, -0.2) is 42.3 Å². The van der Waals surface area contributed by atoms with Crippen molar-refractivity contribution in [2.45, 2.75) is 26.3 Å². The quantitative estimate of drug-likeness (QED) is 0.783. The van der Waals surface area contributed by atoms with Gasteiger partial charge in [-0.15, -0.1) is 0 Å². The number of piperidine rings is 1. The van der Waals surface area contributed by atoms with Crippen molar-refractivity contribution in [3.8, 4) is 0 Å². The van der Waals surface area contributed by atoms with Crippen LogP contribution in [0.25, 0.3) is 0 Å². The van der Waals surface area contributed by atoms with Gasteiger partial charge in [-0.2, -0.15) is 17.4 Å². The number of rotatable bonds is 5. The molecule has 1 aromatic rings. The third kappa shape index (κ3) is 3.95. The van der Waals surface area contributed by atoms with E-state index in [1.54, 1.807) is 19.2 Å². The largest absolute Gasteiger partial charge is 0.330 e. The molecule has 1 fully saturated rings. The van der Waals surface area contributed by atoms with Crippen molar-refractivity contribution in [3.05, 3.63) is 23.8 Å². The maximum atomic E-state index is 12.2. The summed E-state index contributed by atoms with van der Waals surface area (Å²) < 4.78 is 28.4. The summed E-state index contributed by atoms with van der Waals surface area (Å²) in [5.74, 6) is 1.07. The standard InChI is InChI=1S/C12H21N5O2S/c1-10-14-5-2-12(16-10)9-15-20(18,19)17-6-3-11(8-13)4-7-17/h2,5,11,15H,3-4,6-9,13H2,1H3. The van der Waals surface area contributed by atoms with Gasteiger partial charge in [0.1, 0.15) is 5.82 Å². The molecule has 0 aliphatic carbocycles. The lowest BCUT2D eigenvalue weighted by molar-refractivity contribution is 0.275. The van der Waals surface area contributed by atoms with E-state index in [9.17, 15) is 8.42 Å². The highest BCUT2D eigenvalue weighted by Gasteiger charge is 2.27. The summed E-state index contributed by atoms with van der Waals surface area (Å²) in [5, 5.41) is 0. The van der Waals surface area contributed by atoms with Crippen LogP contribution in [-0.2, 0) is 16.8 Å². The molecule has 1 saturated heterocycles. The zero-order chi connectivity index (χ0) is 14.6. The van der Waals surface area contributed by atoms with E-state index in [2.05, 4.69) is 14.7 Å². The summed E-state index contributed by atoms with van der Waals surface area (Å²) >= 11 is 0. The van der Waals surface area contributed by atoms with Crippen LogP contribution in [0.3, 0.4) is 0 Å². The van der Waals surface area contributed by atoms with Gasteiger partial charge in [0, 0.05) is 19.3 Å². The molecule has 0 unspecified atom stereocenters. The molecule has 0 radical (unpaired) electrons. The van der Waals surface area contributed by atoms with Crippen LogP contribution in [0.4, 0.5) is 0 Å². The average Bonchev–Trinajstić information content (AvgIpc) is 2.45. The highest BCUT2D eigenvalue weighted by Crippen LogP contribution is 2.17. The van der Waals surface area contributed by atoms with E-state index in [1.165, 1.54) is 4.31 Å². The summed E-state index contributed by atoms with van der Waals surface area (Å²) in [4.78, 5) is 8.15. The number of nitrogens with one attached hydrogen (secondary N) is 1. The monoisotopic (exact) mass is 299 g/mol. The smallest absolute Gasteiger partial charge is 0.279 e. The molecule has 2 rings (SSSR count). The molecule has 7 nitrogen and oxygen atoms in total. The van der Waals surface area contributed by atoms with E-state index in [0.717, 1.165) is 12.8 Å². The van der Waals surface area contributed by atoms with Crippen LogP contribution in [0.15, 0.2) is 12.3 Å². The maximum Gasteiger partial charge on any atom is 0.279 e. The Morgan fingerprint density at radius 3 is 2.75 bits per heavy atom. The summed E-state index contributed by atoms with van der Waals surface area (Å²) in [6.45, 7) is 3.64. The number of nitrogens with zero attached hydrogens (tertiary/aromatic N) is 3. The SMILES string of the molecule is Cc1nccc(CNS(=O)(=O)N2CCC(CN)CC2)n1. The first kappa shape index (κ1) is 15.3. The van der Waals surface area contributed by atoms with Gasteiger partial charge in [-0.05, 0) is 38.3 Å². The minimum atomic E-state index is -3.44. The molecule has 0 atom stereocenters. The van der Waals surface area contributed by atoms with Gasteiger partial charge in [0.15, 0.2) is 0 Å². The highest BCUT2D eigenvalue weighted by molar-refractivity contribution is 7.87. The Morgan fingerprint density at radius 1 is 1.45 bits per heavy atom. The molecule has 2 heterocycles. The molecule has 20 heavy (non-hydrogen) atoms. The second-order valence-corrected chi connectivity index (χ2v) is 6.75. The number of hydrogen-bond acceptors (Lipinski definition) is 5. The van der Waals surface area contributed by atoms with Crippen molar-refractivity contribution >= 4 is 10.2 Å². The van der Waals surface area contributed by atoms with Crippen LogP contribution >= 0.6 is 0 Å². The Hall–Kier alpha value is -1.09. The predicted molar refractivity (Wildman–Crippen MR) is 75.9 cm³/mol. The molecule has 112 valence electrons. The average molecular weight is 299 g/mol. The first-order chi connectivity index (χ1) is 9.51. The molecule has 3 N–H and O–H groups in total. The van der Waals surface area contributed by atoms with Crippen LogP contribution in [0.1, 0.15) is 24.4 Å². The fourth-order valence-electron chi connectivity index (χ4n) is 2.25. The van der Waals surface area contributed by atoms with Crippen molar-refractivity contribution in [2.75, 3.05) is 19.6 Å². The molecule has 0 saturated carbocycles. The number of nitrogens with two attached hydrogens (primary N) is 1. The second-order valence-electron chi connectivity index (χ2n) is 5.00. The van der Waals surface area contributed by atoms with Gasteiger partial charge in [-0.1, -0.05) is 0 Å². The first-order valence-electron chi connectivity index (χ1n) is 6.74. The maximum absolute atomic E-state index is 12.2. The lowest BCUT2D eigenvalue weighted by Crippen LogP contribution is -2.45. The van der Waals surface area contributed by atoms with Gasteiger partial charge in [0.05, 0.1) is 12.2 Å². The van der Waals surface area contributed by atoms with Gasteiger partial charge in [-0.25, -0.2) is 9.97 Å². The Labute approximate surface area is 119 Å².